The van der Waals surface area contributed by atoms with Crippen LogP contribution < -0.4 is 5.56 Å². The maximum absolute atomic E-state index is 12.9. The molecule has 0 saturated heterocycles. The van der Waals surface area contributed by atoms with E-state index < -0.39 is 23.5 Å². The van der Waals surface area contributed by atoms with Crippen LogP contribution in [0.15, 0.2) is 4.79 Å². The maximum atomic E-state index is 12.9. The van der Waals surface area contributed by atoms with Gasteiger partial charge in [0.15, 0.2) is 4.77 Å². The zero-order valence-electron chi connectivity index (χ0n) is 12.7. The Morgan fingerprint density at radius 2 is 2.00 bits per heavy atom. The number of aromatic nitrogens is 2. The Kier molecular flexibility index (Phi) is 4.55. The minimum atomic E-state index is -1.29. The SMILES string of the molecule is O=C(O)CC[C@H](C(=O)O)n1c(=S)[nH]c2sc3c(c2c1=O)CCCC3. The van der Waals surface area contributed by atoms with Gasteiger partial charge >= 0.3 is 11.9 Å². The van der Waals surface area contributed by atoms with E-state index in [1.165, 1.54) is 11.3 Å². The maximum Gasteiger partial charge on any atom is 0.326 e. The zero-order chi connectivity index (χ0) is 17.4. The average molecular weight is 368 g/mol. The number of carbonyl (C=O) groups is 2. The highest BCUT2D eigenvalue weighted by molar-refractivity contribution is 7.71. The lowest BCUT2D eigenvalue weighted by Crippen LogP contribution is -2.32. The summed E-state index contributed by atoms with van der Waals surface area (Å²) >= 11 is 6.68. The van der Waals surface area contributed by atoms with Crippen molar-refractivity contribution in [2.45, 2.75) is 44.6 Å². The van der Waals surface area contributed by atoms with E-state index in [1.54, 1.807) is 0 Å². The Bertz CT molecular complexity index is 940. The second-order valence-corrected chi connectivity index (χ2v) is 7.30. The number of hydrogen-bond acceptors (Lipinski definition) is 5. The Morgan fingerprint density at radius 3 is 2.67 bits per heavy atom. The first-order chi connectivity index (χ1) is 11.4. The molecular formula is C15H16N2O5S2. The lowest BCUT2D eigenvalue weighted by Gasteiger charge is -2.15. The fourth-order valence-corrected chi connectivity index (χ4v) is 4.81. The number of hydrogen-bond donors (Lipinski definition) is 3. The molecule has 128 valence electrons. The van der Waals surface area contributed by atoms with Gasteiger partial charge in [-0.25, -0.2) is 4.79 Å². The third-order valence-electron chi connectivity index (χ3n) is 4.27. The summed E-state index contributed by atoms with van der Waals surface area (Å²) in [4.78, 5) is 40.1. The van der Waals surface area contributed by atoms with E-state index in [9.17, 15) is 19.5 Å². The number of aliphatic carboxylic acids is 2. The molecule has 0 bridgehead atoms. The first kappa shape index (κ1) is 16.8. The number of rotatable bonds is 5. The van der Waals surface area contributed by atoms with Crippen molar-refractivity contribution in [3.8, 4) is 0 Å². The molecule has 0 amide bonds. The van der Waals surface area contributed by atoms with Crippen LogP contribution in [0, 0.1) is 4.77 Å². The Morgan fingerprint density at radius 1 is 1.29 bits per heavy atom. The van der Waals surface area contributed by atoms with Gasteiger partial charge in [-0.3, -0.25) is 14.2 Å². The van der Waals surface area contributed by atoms with Crippen LogP contribution in [-0.4, -0.2) is 31.7 Å². The van der Waals surface area contributed by atoms with Crippen LogP contribution in [0.3, 0.4) is 0 Å². The number of nitrogens with one attached hydrogen (secondary N) is 1. The molecule has 3 N–H and O–H groups in total. The number of H-pyrrole nitrogens is 1. The van der Waals surface area contributed by atoms with Gasteiger partial charge in [0.2, 0.25) is 0 Å². The molecule has 24 heavy (non-hydrogen) atoms. The molecular weight excluding hydrogens is 352 g/mol. The molecule has 2 heterocycles. The van der Waals surface area contributed by atoms with Crippen LogP contribution in [-0.2, 0) is 22.4 Å². The van der Waals surface area contributed by atoms with Crippen molar-refractivity contribution in [3.63, 3.8) is 0 Å². The van der Waals surface area contributed by atoms with Crippen molar-refractivity contribution >= 4 is 45.7 Å². The summed E-state index contributed by atoms with van der Waals surface area (Å²) in [5, 5.41) is 18.8. The van der Waals surface area contributed by atoms with Gasteiger partial charge in [0, 0.05) is 11.3 Å². The second-order valence-electron chi connectivity index (χ2n) is 5.81. The van der Waals surface area contributed by atoms with Crippen LogP contribution >= 0.6 is 23.6 Å². The van der Waals surface area contributed by atoms with E-state index in [0.29, 0.717) is 10.2 Å². The molecule has 0 saturated carbocycles. The number of aryl methyl sites for hydroxylation is 2. The highest BCUT2D eigenvalue weighted by Crippen LogP contribution is 2.33. The Balaban J connectivity index is 2.20. The van der Waals surface area contributed by atoms with E-state index in [1.807, 2.05) is 0 Å². The number of carboxylic acids is 2. The van der Waals surface area contributed by atoms with Gasteiger partial charge < -0.3 is 15.2 Å². The molecule has 7 nitrogen and oxygen atoms in total. The Hall–Kier alpha value is -2.00. The smallest absolute Gasteiger partial charge is 0.326 e. The molecule has 1 atom stereocenters. The van der Waals surface area contributed by atoms with E-state index in [2.05, 4.69) is 4.98 Å². The summed E-state index contributed by atoms with van der Waals surface area (Å²) in [6.07, 6.45) is 3.23. The van der Waals surface area contributed by atoms with E-state index >= 15 is 0 Å². The number of carboxylic acid groups (broad SMARTS) is 2. The molecule has 9 heteroatoms. The first-order valence-corrected chi connectivity index (χ1v) is 8.86. The predicted octanol–water partition coefficient (Wildman–Crippen LogP) is 2.49. The lowest BCUT2D eigenvalue weighted by atomic mass is 9.97. The lowest BCUT2D eigenvalue weighted by molar-refractivity contribution is -0.142. The van der Waals surface area contributed by atoms with Crippen LogP contribution in [0.2, 0.25) is 0 Å². The van der Waals surface area contributed by atoms with Crippen molar-refractivity contribution in [2.24, 2.45) is 0 Å². The largest absolute Gasteiger partial charge is 0.481 e. The molecule has 2 aromatic heterocycles. The van der Waals surface area contributed by atoms with E-state index in [0.717, 1.165) is 40.7 Å². The highest BCUT2D eigenvalue weighted by atomic mass is 32.1. The summed E-state index contributed by atoms with van der Waals surface area (Å²) in [6, 6.07) is -1.29. The summed E-state index contributed by atoms with van der Waals surface area (Å²) < 4.78 is 1.04. The average Bonchev–Trinajstić information content (AvgIpc) is 2.87. The molecule has 0 unspecified atom stereocenters. The van der Waals surface area contributed by atoms with Crippen molar-refractivity contribution in [1.82, 2.24) is 9.55 Å². The summed E-state index contributed by atoms with van der Waals surface area (Å²) in [5.41, 5.74) is 0.541. The zero-order valence-corrected chi connectivity index (χ0v) is 14.3. The highest BCUT2D eigenvalue weighted by Gasteiger charge is 2.26. The van der Waals surface area contributed by atoms with Gasteiger partial charge in [-0.15, -0.1) is 11.3 Å². The fourth-order valence-electron chi connectivity index (χ4n) is 3.16. The number of aromatic amines is 1. The van der Waals surface area contributed by atoms with Crippen LogP contribution in [0.25, 0.3) is 10.2 Å². The molecule has 0 aromatic carbocycles. The van der Waals surface area contributed by atoms with Crippen LogP contribution in [0.5, 0.6) is 0 Å². The third-order valence-corrected chi connectivity index (χ3v) is 5.78. The monoisotopic (exact) mass is 368 g/mol. The second kappa shape index (κ2) is 6.48. The van der Waals surface area contributed by atoms with Crippen LogP contribution in [0.4, 0.5) is 0 Å². The molecule has 0 spiro atoms. The van der Waals surface area contributed by atoms with Gasteiger partial charge in [0.25, 0.3) is 5.56 Å². The fraction of sp³-hybridized carbons (Fsp3) is 0.467. The number of fused-ring (bicyclic) bond motifs is 3. The van der Waals surface area contributed by atoms with Crippen molar-refractivity contribution in [3.05, 3.63) is 25.6 Å². The van der Waals surface area contributed by atoms with Gasteiger partial charge in [0.05, 0.1) is 5.39 Å². The van der Waals surface area contributed by atoms with Crippen molar-refractivity contribution < 1.29 is 19.8 Å². The summed E-state index contributed by atoms with van der Waals surface area (Å²) in [7, 11) is 0. The van der Waals surface area contributed by atoms with Gasteiger partial charge in [-0.05, 0) is 49.9 Å². The molecule has 1 aliphatic rings. The predicted molar refractivity (Wildman–Crippen MR) is 91.5 cm³/mol. The molecule has 0 aliphatic heterocycles. The standard InChI is InChI=1S/C15H16N2O5S2/c18-10(19)6-5-8(14(21)22)17-13(20)11-7-3-1-2-4-9(7)24-12(11)16-15(17)23/h8H,1-6H2,(H,16,23)(H,18,19)(H,21,22)/t8-/m1/s1. The normalized spacial score (nSPS) is 15.2. The number of nitrogens with zero attached hydrogens (tertiary/aromatic N) is 1. The van der Waals surface area contributed by atoms with Gasteiger partial charge in [-0.2, -0.15) is 0 Å². The number of thiophene rings is 1. The molecule has 0 radical (unpaired) electrons. The first-order valence-electron chi connectivity index (χ1n) is 7.63. The van der Waals surface area contributed by atoms with E-state index in [4.69, 9.17) is 17.3 Å². The molecule has 3 rings (SSSR count). The molecule has 0 fully saturated rings. The molecule has 2 aromatic rings. The van der Waals surface area contributed by atoms with Gasteiger partial charge in [0.1, 0.15) is 10.9 Å². The Labute approximate surface area is 145 Å². The van der Waals surface area contributed by atoms with Crippen LogP contribution in [0.1, 0.15) is 42.2 Å². The topological polar surface area (TPSA) is 112 Å². The summed E-state index contributed by atoms with van der Waals surface area (Å²) in [5.74, 6) is -2.38. The van der Waals surface area contributed by atoms with Gasteiger partial charge in [-0.1, -0.05) is 0 Å². The van der Waals surface area contributed by atoms with Crippen molar-refractivity contribution in [2.75, 3.05) is 0 Å². The minimum absolute atomic E-state index is 0.0175. The third kappa shape index (κ3) is 2.89. The van der Waals surface area contributed by atoms with Crippen molar-refractivity contribution in [1.29, 1.82) is 0 Å². The quantitative estimate of drug-likeness (QED) is 0.699. The van der Waals surface area contributed by atoms with E-state index in [-0.39, 0.29) is 17.6 Å². The minimum Gasteiger partial charge on any atom is -0.481 e. The summed E-state index contributed by atoms with van der Waals surface area (Å²) in [6.45, 7) is 0. The molecule has 1 aliphatic carbocycles.